The van der Waals surface area contributed by atoms with Crippen molar-refractivity contribution in [3.05, 3.63) is 16.9 Å². The van der Waals surface area contributed by atoms with E-state index in [0.29, 0.717) is 10.9 Å². The lowest BCUT2D eigenvalue weighted by atomic mass is 9.77. The maximum absolute atomic E-state index is 10.7. The minimum Gasteiger partial charge on any atom is -0.384 e. The molecule has 1 aromatic rings. The zero-order valence-corrected chi connectivity index (χ0v) is 11.5. The highest BCUT2D eigenvalue weighted by Gasteiger charge is 2.35. The van der Waals surface area contributed by atoms with Gasteiger partial charge in [0.25, 0.3) is 0 Å². The Morgan fingerprint density at radius 1 is 1.59 bits per heavy atom. The average molecular weight is 257 g/mol. The summed E-state index contributed by atoms with van der Waals surface area (Å²) in [6, 6.07) is 0.213. The number of hydrogen-bond acceptors (Lipinski definition) is 2. The maximum atomic E-state index is 10.7. The van der Waals surface area contributed by atoms with Crippen LogP contribution < -0.4 is 0 Å². The molecule has 1 aliphatic rings. The minimum absolute atomic E-state index is 0.213. The number of hydrogen-bond donors (Lipinski definition) is 1. The third-order valence-electron chi connectivity index (χ3n) is 3.66. The fraction of sp³-hybridized carbons (Fsp3) is 0.769. The van der Waals surface area contributed by atoms with Crippen LogP contribution in [0, 0.1) is 5.92 Å². The first-order valence-corrected chi connectivity index (χ1v) is 6.75. The van der Waals surface area contributed by atoms with Gasteiger partial charge >= 0.3 is 0 Å². The predicted molar refractivity (Wildman–Crippen MR) is 69.2 cm³/mol. The van der Waals surface area contributed by atoms with Gasteiger partial charge in [0.2, 0.25) is 0 Å². The molecule has 17 heavy (non-hydrogen) atoms. The second-order valence-corrected chi connectivity index (χ2v) is 6.06. The fourth-order valence-electron chi connectivity index (χ4n) is 2.59. The Balaban J connectivity index is 2.26. The summed E-state index contributed by atoms with van der Waals surface area (Å²) in [7, 11) is 0. The molecule has 96 valence electrons. The van der Waals surface area contributed by atoms with Crippen LogP contribution in [-0.2, 0) is 5.60 Å². The zero-order chi connectivity index (χ0) is 12.6. The van der Waals surface area contributed by atoms with Crippen LogP contribution in [0.15, 0.2) is 6.20 Å². The first-order valence-electron chi connectivity index (χ1n) is 6.37. The van der Waals surface area contributed by atoms with Gasteiger partial charge < -0.3 is 5.11 Å². The molecule has 0 aromatic carbocycles. The molecule has 1 unspecified atom stereocenters. The van der Waals surface area contributed by atoms with Gasteiger partial charge in [-0.15, -0.1) is 0 Å². The van der Waals surface area contributed by atoms with Gasteiger partial charge in [0, 0.05) is 6.04 Å². The van der Waals surface area contributed by atoms with Crippen LogP contribution in [0.4, 0.5) is 0 Å². The molecule has 0 spiro atoms. The molecule has 3 nitrogen and oxygen atoms in total. The van der Waals surface area contributed by atoms with Crippen molar-refractivity contribution in [1.82, 2.24) is 9.78 Å². The van der Waals surface area contributed by atoms with E-state index in [1.165, 1.54) is 19.3 Å². The van der Waals surface area contributed by atoms with Crippen molar-refractivity contribution < 1.29 is 5.11 Å². The van der Waals surface area contributed by atoms with Gasteiger partial charge in [-0.05, 0) is 33.1 Å². The molecule has 1 heterocycles. The van der Waals surface area contributed by atoms with Gasteiger partial charge in [-0.3, -0.25) is 4.68 Å². The second kappa shape index (κ2) is 4.62. The predicted octanol–water partition coefficient (Wildman–Crippen LogP) is 3.52. The zero-order valence-electron chi connectivity index (χ0n) is 10.8. The van der Waals surface area contributed by atoms with Crippen LogP contribution in [0.3, 0.4) is 0 Å². The number of halogens is 1. The highest BCUT2D eigenvalue weighted by atomic mass is 35.5. The van der Waals surface area contributed by atoms with E-state index in [2.05, 4.69) is 5.10 Å². The molecule has 0 bridgehead atoms. The molecule has 0 amide bonds. The van der Waals surface area contributed by atoms with Crippen LogP contribution in [-0.4, -0.2) is 14.9 Å². The molecular formula is C13H21ClN2O. The standard InChI is InChI=1S/C13H21ClN2O/c1-9(2)16-12(11(14)8-15-16)13(3,17)7-10-5-4-6-10/h8-10,17H,4-7H2,1-3H3. The summed E-state index contributed by atoms with van der Waals surface area (Å²) >= 11 is 6.17. The first-order chi connectivity index (χ1) is 7.92. The van der Waals surface area contributed by atoms with Crippen LogP contribution >= 0.6 is 11.6 Å². The Hall–Kier alpha value is -0.540. The van der Waals surface area contributed by atoms with E-state index in [1.807, 2.05) is 25.5 Å². The van der Waals surface area contributed by atoms with Gasteiger partial charge in [0.15, 0.2) is 0 Å². The van der Waals surface area contributed by atoms with Crippen molar-refractivity contribution in [3.63, 3.8) is 0 Å². The van der Waals surface area contributed by atoms with Crippen LogP contribution in [0.5, 0.6) is 0 Å². The SMILES string of the molecule is CC(C)n1ncc(Cl)c1C(C)(O)CC1CCC1. The lowest BCUT2D eigenvalue weighted by molar-refractivity contribution is 0.00740. The molecular weight excluding hydrogens is 236 g/mol. The largest absolute Gasteiger partial charge is 0.384 e. The Morgan fingerprint density at radius 2 is 2.24 bits per heavy atom. The molecule has 4 heteroatoms. The van der Waals surface area contributed by atoms with E-state index < -0.39 is 5.60 Å². The topological polar surface area (TPSA) is 38.0 Å². The van der Waals surface area contributed by atoms with Crippen LogP contribution in [0.25, 0.3) is 0 Å². The van der Waals surface area contributed by atoms with E-state index in [1.54, 1.807) is 6.20 Å². The van der Waals surface area contributed by atoms with Crippen LogP contribution in [0.2, 0.25) is 5.02 Å². The number of nitrogens with zero attached hydrogens (tertiary/aromatic N) is 2. The van der Waals surface area contributed by atoms with E-state index in [-0.39, 0.29) is 6.04 Å². The number of aromatic nitrogens is 2. The molecule has 0 aliphatic heterocycles. The molecule has 1 saturated carbocycles. The number of rotatable bonds is 4. The lowest BCUT2D eigenvalue weighted by Crippen LogP contribution is -2.31. The second-order valence-electron chi connectivity index (χ2n) is 5.65. The molecule has 1 N–H and O–H groups in total. The van der Waals surface area contributed by atoms with Gasteiger partial charge in [-0.1, -0.05) is 30.9 Å². The Bertz CT molecular complexity index is 394. The molecule has 1 aromatic heterocycles. The average Bonchev–Trinajstić information content (AvgIpc) is 2.55. The van der Waals surface area contributed by atoms with Gasteiger partial charge in [-0.2, -0.15) is 5.10 Å². The van der Waals surface area contributed by atoms with Gasteiger partial charge in [0.1, 0.15) is 5.60 Å². The molecule has 0 saturated heterocycles. The van der Waals surface area contributed by atoms with E-state index in [0.717, 1.165) is 12.1 Å². The minimum atomic E-state index is -0.872. The molecule has 2 rings (SSSR count). The quantitative estimate of drug-likeness (QED) is 0.895. The molecule has 1 aliphatic carbocycles. The van der Waals surface area contributed by atoms with E-state index >= 15 is 0 Å². The van der Waals surface area contributed by atoms with Crippen molar-refractivity contribution in [3.8, 4) is 0 Å². The van der Waals surface area contributed by atoms with Crippen molar-refractivity contribution in [2.24, 2.45) is 5.92 Å². The summed E-state index contributed by atoms with van der Waals surface area (Å²) in [5.41, 5.74) is -0.107. The van der Waals surface area contributed by atoms with Gasteiger partial charge in [0.05, 0.1) is 16.9 Å². The number of aliphatic hydroxyl groups is 1. The summed E-state index contributed by atoms with van der Waals surface area (Å²) in [6.45, 7) is 5.95. The fourth-order valence-corrected chi connectivity index (χ4v) is 2.93. The third kappa shape index (κ3) is 2.50. The monoisotopic (exact) mass is 256 g/mol. The smallest absolute Gasteiger partial charge is 0.105 e. The highest BCUT2D eigenvalue weighted by Crippen LogP contribution is 2.40. The Kier molecular flexibility index (Phi) is 3.50. The third-order valence-corrected chi connectivity index (χ3v) is 3.94. The summed E-state index contributed by atoms with van der Waals surface area (Å²) in [5.74, 6) is 0.636. The Labute approximate surface area is 108 Å². The molecule has 1 fully saturated rings. The van der Waals surface area contributed by atoms with Crippen molar-refractivity contribution >= 4 is 11.6 Å². The first kappa shape index (κ1) is 12.9. The van der Waals surface area contributed by atoms with Crippen LogP contribution in [0.1, 0.15) is 58.2 Å². The summed E-state index contributed by atoms with van der Waals surface area (Å²) < 4.78 is 1.83. The summed E-state index contributed by atoms with van der Waals surface area (Å²) in [6.07, 6.45) is 6.16. The van der Waals surface area contributed by atoms with E-state index in [4.69, 9.17) is 11.6 Å². The van der Waals surface area contributed by atoms with E-state index in [9.17, 15) is 5.11 Å². The van der Waals surface area contributed by atoms with Crippen molar-refractivity contribution in [2.45, 2.75) is 58.1 Å². The summed E-state index contributed by atoms with van der Waals surface area (Å²) in [5, 5.41) is 15.5. The van der Waals surface area contributed by atoms with Gasteiger partial charge in [-0.25, -0.2) is 0 Å². The highest BCUT2D eigenvalue weighted by molar-refractivity contribution is 6.31. The summed E-state index contributed by atoms with van der Waals surface area (Å²) in [4.78, 5) is 0. The lowest BCUT2D eigenvalue weighted by Gasteiger charge is -2.34. The van der Waals surface area contributed by atoms with Crippen molar-refractivity contribution in [1.29, 1.82) is 0 Å². The maximum Gasteiger partial charge on any atom is 0.105 e. The Morgan fingerprint density at radius 3 is 2.71 bits per heavy atom. The molecule has 1 atom stereocenters. The van der Waals surface area contributed by atoms with Crippen molar-refractivity contribution in [2.75, 3.05) is 0 Å². The normalized spacial score (nSPS) is 20.4. The molecule has 0 radical (unpaired) electrons.